The fourth-order valence-electron chi connectivity index (χ4n) is 6.00. The largest absolute Gasteiger partial charge is 0.395 e. The summed E-state index contributed by atoms with van der Waals surface area (Å²) in [5.41, 5.74) is 5.01. The highest BCUT2D eigenvalue weighted by Crippen LogP contribution is 2.42. The quantitative estimate of drug-likeness (QED) is 0.739. The first-order chi connectivity index (χ1) is 16.7. The molecule has 5 rings (SSSR count). The van der Waals surface area contributed by atoms with Crippen molar-refractivity contribution in [3.63, 3.8) is 0 Å². The lowest BCUT2D eigenvalue weighted by Crippen LogP contribution is -2.68. The number of hydrogen-bond acceptors (Lipinski definition) is 5. The van der Waals surface area contributed by atoms with Crippen molar-refractivity contribution in [3.8, 4) is 11.1 Å². The van der Waals surface area contributed by atoms with E-state index in [1.165, 1.54) is 22.3 Å². The van der Waals surface area contributed by atoms with Crippen LogP contribution >= 0.6 is 0 Å². The van der Waals surface area contributed by atoms with E-state index in [2.05, 4.69) is 70.2 Å². The van der Waals surface area contributed by atoms with E-state index in [9.17, 15) is 9.90 Å². The molecule has 3 aliphatic heterocycles. The number of rotatable bonds is 5. The van der Waals surface area contributed by atoms with Gasteiger partial charge >= 0.3 is 0 Å². The summed E-state index contributed by atoms with van der Waals surface area (Å²) in [6.07, 6.45) is 2.08. The first kappa shape index (κ1) is 23.5. The number of carbonyl (C=O) groups is 1. The molecule has 0 saturated carbocycles. The fraction of sp³-hybridized carbons (Fsp3) is 0.536. The maximum Gasteiger partial charge on any atom is 0.236 e. The summed E-state index contributed by atoms with van der Waals surface area (Å²) in [6.45, 7) is 8.43. The summed E-state index contributed by atoms with van der Waals surface area (Å²) in [5.74, 6) is 0.470. The lowest BCUT2D eigenvalue weighted by molar-refractivity contribution is -0.138. The predicted octanol–water partition coefficient (Wildman–Crippen LogP) is 2.75. The Labute approximate surface area is 203 Å². The summed E-state index contributed by atoms with van der Waals surface area (Å²) in [7, 11) is 0. The molecule has 182 valence electrons. The number of hydrogen-bond donors (Lipinski definition) is 1. The highest BCUT2D eigenvalue weighted by molar-refractivity contribution is 5.78. The Kier molecular flexibility index (Phi) is 7.30. The SMILES string of the molecule is Cc1ccccc1-c1ccc([C@@H]2[C@@H](CO)N3CCCCN(C(=O)CN4CCOCC4)C[C@@H]23)cc1. The van der Waals surface area contributed by atoms with Crippen LogP contribution in [0.5, 0.6) is 0 Å². The van der Waals surface area contributed by atoms with Crippen LogP contribution in [-0.4, -0.2) is 96.9 Å². The lowest BCUT2D eigenvalue weighted by Gasteiger charge is -2.57. The second-order valence-electron chi connectivity index (χ2n) is 9.95. The van der Waals surface area contributed by atoms with Crippen LogP contribution in [0, 0.1) is 6.92 Å². The number of carbonyl (C=O) groups excluding carboxylic acids is 1. The number of aliphatic hydroxyl groups is 1. The molecule has 6 nitrogen and oxygen atoms in total. The highest BCUT2D eigenvalue weighted by Gasteiger charge is 2.49. The molecule has 34 heavy (non-hydrogen) atoms. The minimum absolute atomic E-state index is 0.128. The molecule has 6 heteroatoms. The average Bonchev–Trinajstić information content (AvgIpc) is 2.84. The lowest BCUT2D eigenvalue weighted by atomic mass is 9.74. The molecule has 0 aromatic heterocycles. The van der Waals surface area contributed by atoms with Crippen molar-refractivity contribution in [1.29, 1.82) is 0 Å². The third-order valence-electron chi connectivity index (χ3n) is 7.94. The number of fused-ring (bicyclic) bond motifs is 1. The predicted molar refractivity (Wildman–Crippen MR) is 134 cm³/mol. The van der Waals surface area contributed by atoms with Crippen LogP contribution in [0.1, 0.15) is 29.9 Å². The Bertz CT molecular complexity index is 973. The molecule has 3 saturated heterocycles. The summed E-state index contributed by atoms with van der Waals surface area (Å²) in [6, 6.07) is 17.7. The molecule has 0 spiro atoms. The Morgan fingerprint density at radius 1 is 1.00 bits per heavy atom. The van der Waals surface area contributed by atoms with E-state index in [-0.39, 0.29) is 30.5 Å². The van der Waals surface area contributed by atoms with Gasteiger partial charge in [-0.15, -0.1) is 0 Å². The van der Waals surface area contributed by atoms with Crippen LogP contribution in [0.15, 0.2) is 48.5 Å². The molecule has 1 N–H and O–H groups in total. The zero-order valence-electron chi connectivity index (χ0n) is 20.2. The second-order valence-corrected chi connectivity index (χ2v) is 9.95. The van der Waals surface area contributed by atoms with Crippen molar-refractivity contribution in [2.45, 2.75) is 37.8 Å². The molecule has 0 unspecified atom stereocenters. The van der Waals surface area contributed by atoms with E-state index in [1.54, 1.807) is 0 Å². The van der Waals surface area contributed by atoms with Crippen molar-refractivity contribution >= 4 is 5.91 Å². The third kappa shape index (κ3) is 4.78. The van der Waals surface area contributed by atoms with E-state index in [0.717, 1.165) is 45.6 Å². The molecular formula is C28H37N3O3. The van der Waals surface area contributed by atoms with Crippen LogP contribution in [-0.2, 0) is 9.53 Å². The van der Waals surface area contributed by atoms with Gasteiger partial charge in [0.15, 0.2) is 0 Å². The topological polar surface area (TPSA) is 56.2 Å². The molecule has 0 aliphatic carbocycles. The van der Waals surface area contributed by atoms with Gasteiger partial charge in [-0.2, -0.15) is 0 Å². The molecule has 2 aromatic rings. The van der Waals surface area contributed by atoms with E-state index < -0.39 is 0 Å². The zero-order chi connectivity index (χ0) is 23.5. The molecule has 2 aromatic carbocycles. The molecular weight excluding hydrogens is 426 g/mol. The van der Waals surface area contributed by atoms with Crippen LogP contribution in [0.4, 0.5) is 0 Å². The van der Waals surface area contributed by atoms with E-state index >= 15 is 0 Å². The number of nitrogens with zero attached hydrogens (tertiary/aromatic N) is 3. The molecule has 3 heterocycles. The normalized spacial score (nSPS) is 26.3. The van der Waals surface area contributed by atoms with Gasteiger partial charge in [0.1, 0.15) is 0 Å². The molecule has 0 radical (unpaired) electrons. The number of aliphatic hydroxyl groups excluding tert-OH is 1. The van der Waals surface area contributed by atoms with Crippen molar-refractivity contribution in [1.82, 2.24) is 14.7 Å². The minimum atomic E-state index is 0.128. The summed E-state index contributed by atoms with van der Waals surface area (Å²) in [4.78, 5) is 19.9. The smallest absolute Gasteiger partial charge is 0.236 e. The number of aryl methyl sites for hydroxylation is 1. The molecule has 3 fully saturated rings. The van der Waals surface area contributed by atoms with Crippen LogP contribution in [0.3, 0.4) is 0 Å². The van der Waals surface area contributed by atoms with Gasteiger partial charge in [0.25, 0.3) is 0 Å². The molecule has 3 aliphatic rings. The average molecular weight is 464 g/mol. The Hall–Kier alpha value is -2.25. The van der Waals surface area contributed by atoms with Gasteiger partial charge in [-0.1, -0.05) is 48.5 Å². The first-order valence-electron chi connectivity index (χ1n) is 12.8. The van der Waals surface area contributed by atoms with E-state index in [4.69, 9.17) is 4.74 Å². The number of morpholine rings is 1. The number of amides is 1. The van der Waals surface area contributed by atoms with Crippen molar-refractivity contribution in [2.75, 3.05) is 59.1 Å². The molecule has 1 amide bonds. The first-order valence-corrected chi connectivity index (χ1v) is 12.8. The third-order valence-corrected chi connectivity index (χ3v) is 7.94. The van der Waals surface area contributed by atoms with E-state index in [1.807, 2.05) is 0 Å². The van der Waals surface area contributed by atoms with Crippen LogP contribution in [0.25, 0.3) is 11.1 Å². The standard InChI is InChI=1S/C28H37N3O3/c1-21-6-2-3-7-24(21)22-8-10-23(11-9-22)28-25-18-30(12-4-5-13-31(25)26(28)20-32)27(33)19-29-14-16-34-17-15-29/h2-3,6-11,25-26,28,32H,4-5,12-20H2,1H3/t25-,26+,28-/m0/s1. The van der Waals surface area contributed by atoms with Crippen LogP contribution < -0.4 is 0 Å². The van der Waals surface area contributed by atoms with Crippen molar-refractivity contribution in [3.05, 3.63) is 59.7 Å². The second kappa shape index (κ2) is 10.6. The monoisotopic (exact) mass is 463 g/mol. The summed E-state index contributed by atoms with van der Waals surface area (Å²) >= 11 is 0. The van der Waals surface area contributed by atoms with Gasteiger partial charge in [0.2, 0.25) is 5.91 Å². The summed E-state index contributed by atoms with van der Waals surface area (Å²) in [5, 5.41) is 10.2. The van der Waals surface area contributed by atoms with Crippen molar-refractivity contribution in [2.24, 2.45) is 0 Å². The van der Waals surface area contributed by atoms with Gasteiger partial charge in [-0.3, -0.25) is 14.6 Å². The Morgan fingerprint density at radius 2 is 1.74 bits per heavy atom. The zero-order valence-corrected chi connectivity index (χ0v) is 20.2. The van der Waals surface area contributed by atoms with Gasteiger partial charge in [-0.25, -0.2) is 0 Å². The Morgan fingerprint density at radius 3 is 2.47 bits per heavy atom. The van der Waals surface area contributed by atoms with E-state index in [0.29, 0.717) is 19.8 Å². The minimum Gasteiger partial charge on any atom is -0.395 e. The number of ether oxygens (including phenoxy) is 1. The fourth-order valence-corrected chi connectivity index (χ4v) is 6.00. The van der Waals surface area contributed by atoms with Crippen molar-refractivity contribution < 1.29 is 14.6 Å². The maximum absolute atomic E-state index is 13.2. The van der Waals surface area contributed by atoms with Gasteiger partial charge in [0.05, 0.1) is 26.4 Å². The van der Waals surface area contributed by atoms with Gasteiger partial charge in [-0.05, 0) is 48.6 Å². The van der Waals surface area contributed by atoms with Gasteiger partial charge in [0, 0.05) is 44.2 Å². The molecule has 0 bridgehead atoms. The Balaban J connectivity index is 1.33. The van der Waals surface area contributed by atoms with Crippen LogP contribution in [0.2, 0.25) is 0 Å². The summed E-state index contributed by atoms with van der Waals surface area (Å²) < 4.78 is 5.44. The molecule has 3 atom stereocenters. The maximum atomic E-state index is 13.2. The number of benzene rings is 2. The highest BCUT2D eigenvalue weighted by atomic mass is 16.5. The van der Waals surface area contributed by atoms with Gasteiger partial charge < -0.3 is 14.7 Å².